The summed E-state index contributed by atoms with van der Waals surface area (Å²) in [6.45, 7) is 3.05. The number of benzene rings is 2. The van der Waals surface area contributed by atoms with Gasteiger partial charge in [-0.25, -0.2) is 8.78 Å². The lowest BCUT2D eigenvalue weighted by Gasteiger charge is -2.16. The number of aromatic nitrogens is 1. The van der Waals surface area contributed by atoms with Crippen LogP contribution in [0.5, 0.6) is 0 Å². The average Bonchev–Trinajstić information content (AvgIpc) is 3.26. The van der Waals surface area contributed by atoms with E-state index in [1.54, 1.807) is 19.1 Å². The molecule has 1 aliphatic heterocycles. The third kappa shape index (κ3) is 3.76. The Bertz CT molecular complexity index is 1210. The van der Waals surface area contributed by atoms with Crippen molar-refractivity contribution in [3.63, 3.8) is 0 Å². The average molecular weight is 423 g/mol. The standard InChI is InChI=1S/C24H23F2N3O2/c1-4-24(25,26)18-7-5-6-16(12-18)13-21(30)22-15(2)27-29(23(22)31)19-9-8-17-10-11-28(3)20(17)14-19/h5-12,14,22H,4,13H2,1-3H3. The Hall–Kier alpha value is -3.35. The molecule has 4 rings (SSSR count). The van der Waals surface area contributed by atoms with Crippen LogP contribution in [0.1, 0.15) is 31.4 Å². The van der Waals surface area contributed by atoms with Crippen molar-refractivity contribution in [2.75, 3.05) is 5.01 Å². The molecule has 1 aliphatic rings. The van der Waals surface area contributed by atoms with E-state index in [0.29, 0.717) is 17.0 Å². The zero-order chi connectivity index (χ0) is 22.3. The maximum absolute atomic E-state index is 14.0. The van der Waals surface area contributed by atoms with Gasteiger partial charge in [-0.15, -0.1) is 0 Å². The van der Waals surface area contributed by atoms with Crippen LogP contribution < -0.4 is 5.01 Å². The smallest absolute Gasteiger partial charge is 0.273 e. The second-order valence-corrected chi connectivity index (χ2v) is 7.90. The summed E-state index contributed by atoms with van der Waals surface area (Å²) in [7, 11) is 1.91. The molecule has 160 valence electrons. The number of hydrogen-bond donors (Lipinski definition) is 0. The number of fused-ring (bicyclic) bond motifs is 1. The highest BCUT2D eigenvalue weighted by Gasteiger charge is 2.39. The number of anilines is 1. The summed E-state index contributed by atoms with van der Waals surface area (Å²) in [5.74, 6) is -4.75. The SMILES string of the molecule is CCC(F)(F)c1cccc(CC(=O)C2C(=O)N(c3ccc4ccn(C)c4c3)N=C2C)c1. The quantitative estimate of drug-likeness (QED) is 0.533. The van der Waals surface area contributed by atoms with E-state index < -0.39 is 17.7 Å². The second kappa shape index (κ2) is 7.72. The highest BCUT2D eigenvalue weighted by molar-refractivity contribution is 6.27. The molecule has 0 saturated heterocycles. The third-order valence-corrected chi connectivity index (χ3v) is 5.74. The fraction of sp³-hybridized carbons (Fsp3) is 0.292. The molecule has 0 fully saturated rings. The minimum Gasteiger partial charge on any atom is -0.350 e. The van der Waals surface area contributed by atoms with Crippen LogP contribution in [0.15, 0.2) is 59.8 Å². The van der Waals surface area contributed by atoms with Gasteiger partial charge in [0.2, 0.25) is 0 Å². The van der Waals surface area contributed by atoms with E-state index in [9.17, 15) is 18.4 Å². The van der Waals surface area contributed by atoms with Crippen LogP contribution in [-0.4, -0.2) is 22.0 Å². The topological polar surface area (TPSA) is 54.7 Å². The molecule has 5 nitrogen and oxygen atoms in total. The summed E-state index contributed by atoms with van der Waals surface area (Å²) < 4.78 is 30.0. The lowest BCUT2D eigenvalue weighted by molar-refractivity contribution is -0.128. The second-order valence-electron chi connectivity index (χ2n) is 7.90. The van der Waals surface area contributed by atoms with Crippen molar-refractivity contribution in [3.8, 4) is 0 Å². The maximum Gasteiger partial charge on any atom is 0.273 e. The van der Waals surface area contributed by atoms with E-state index in [2.05, 4.69) is 5.10 Å². The van der Waals surface area contributed by atoms with Gasteiger partial charge in [0.25, 0.3) is 11.8 Å². The Morgan fingerprint density at radius 3 is 2.68 bits per heavy atom. The molecule has 0 aliphatic carbocycles. The Balaban J connectivity index is 1.56. The van der Waals surface area contributed by atoms with Crippen molar-refractivity contribution in [3.05, 3.63) is 65.9 Å². The van der Waals surface area contributed by atoms with Crippen LogP contribution >= 0.6 is 0 Å². The number of rotatable bonds is 6. The van der Waals surface area contributed by atoms with Gasteiger partial charge < -0.3 is 4.57 Å². The molecule has 1 atom stereocenters. The molecule has 7 heteroatoms. The number of ketones is 1. The molecular formula is C24H23F2N3O2. The van der Waals surface area contributed by atoms with Crippen molar-refractivity contribution >= 4 is 34.0 Å². The predicted octanol–water partition coefficient (Wildman–Crippen LogP) is 4.83. The summed E-state index contributed by atoms with van der Waals surface area (Å²) in [5.41, 5.74) is 2.26. The van der Waals surface area contributed by atoms with Crippen molar-refractivity contribution in [2.45, 2.75) is 32.6 Å². The van der Waals surface area contributed by atoms with E-state index in [0.717, 1.165) is 10.9 Å². The zero-order valence-corrected chi connectivity index (χ0v) is 17.6. The molecule has 1 amide bonds. The summed E-state index contributed by atoms with van der Waals surface area (Å²) in [6.07, 6.45) is 1.50. The third-order valence-electron chi connectivity index (χ3n) is 5.74. The molecule has 1 unspecified atom stereocenters. The molecule has 1 aromatic heterocycles. The summed E-state index contributed by atoms with van der Waals surface area (Å²) >= 11 is 0. The van der Waals surface area contributed by atoms with Gasteiger partial charge in [0.05, 0.1) is 11.4 Å². The number of amides is 1. The van der Waals surface area contributed by atoms with E-state index in [-0.39, 0.29) is 24.2 Å². The number of aryl methyl sites for hydroxylation is 1. The summed E-state index contributed by atoms with van der Waals surface area (Å²) in [5, 5.41) is 6.62. The van der Waals surface area contributed by atoms with Gasteiger partial charge in [-0.2, -0.15) is 10.1 Å². The highest BCUT2D eigenvalue weighted by Crippen LogP contribution is 2.32. The van der Waals surface area contributed by atoms with Crippen molar-refractivity contribution in [1.29, 1.82) is 0 Å². The molecule has 0 bridgehead atoms. The fourth-order valence-electron chi connectivity index (χ4n) is 3.92. The van der Waals surface area contributed by atoms with Crippen molar-refractivity contribution in [1.82, 2.24) is 4.57 Å². The number of alkyl halides is 2. The lowest BCUT2D eigenvalue weighted by atomic mass is 9.92. The van der Waals surface area contributed by atoms with Gasteiger partial charge in [-0.1, -0.05) is 31.2 Å². The van der Waals surface area contributed by atoms with Gasteiger partial charge in [0, 0.05) is 37.2 Å². The van der Waals surface area contributed by atoms with Gasteiger partial charge in [-0.05, 0) is 42.1 Å². The number of Topliss-reactive ketones (excluding diaryl/α,β-unsaturated/α-hetero) is 1. The molecule has 0 saturated carbocycles. The first kappa shape index (κ1) is 20.9. The van der Waals surface area contributed by atoms with Crippen LogP contribution in [0, 0.1) is 5.92 Å². The first-order valence-corrected chi connectivity index (χ1v) is 10.2. The molecule has 0 spiro atoms. The largest absolute Gasteiger partial charge is 0.350 e. The normalized spacial score (nSPS) is 16.8. The van der Waals surface area contributed by atoms with Crippen LogP contribution in [0.2, 0.25) is 0 Å². The van der Waals surface area contributed by atoms with Crippen LogP contribution in [0.3, 0.4) is 0 Å². The van der Waals surface area contributed by atoms with E-state index in [1.807, 2.05) is 36.0 Å². The first-order valence-electron chi connectivity index (χ1n) is 10.2. The Kier molecular flexibility index (Phi) is 5.21. The minimum atomic E-state index is -2.95. The lowest BCUT2D eigenvalue weighted by Crippen LogP contribution is -2.33. The van der Waals surface area contributed by atoms with Gasteiger partial charge >= 0.3 is 0 Å². The molecule has 31 heavy (non-hydrogen) atoms. The van der Waals surface area contributed by atoms with E-state index in [4.69, 9.17) is 0 Å². The summed E-state index contributed by atoms with van der Waals surface area (Å²) in [4.78, 5) is 26.0. The molecule has 0 N–H and O–H groups in total. The Labute approximate surface area is 179 Å². The molecule has 0 radical (unpaired) electrons. The molecular weight excluding hydrogens is 400 g/mol. The number of nitrogens with zero attached hydrogens (tertiary/aromatic N) is 3. The van der Waals surface area contributed by atoms with Crippen LogP contribution in [0.4, 0.5) is 14.5 Å². The maximum atomic E-state index is 14.0. The monoisotopic (exact) mass is 423 g/mol. The zero-order valence-electron chi connectivity index (χ0n) is 17.6. The fourth-order valence-corrected chi connectivity index (χ4v) is 3.92. The Morgan fingerprint density at radius 1 is 1.16 bits per heavy atom. The number of carbonyl (C=O) groups excluding carboxylic acids is 2. The number of halogens is 2. The molecule has 3 aromatic rings. The van der Waals surface area contributed by atoms with Gasteiger partial charge in [0.1, 0.15) is 5.92 Å². The van der Waals surface area contributed by atoms with Crippen molar-refractivity contribution in [2.24, 2.45) is 18.1 Å². The van der Waals surface area contributed by atoms with Crippen LogP contribution in [0.25, 0.3) is 10.9 Å². The Morgan fingerprint density at radius 2 is 1.94 bits per heavy atom. The van der Waals surface area contributed by atoms with Gasteiger partial charge in [0.15, 0.2) is 5.78 Å². The number of hydrazone groups is 1. The predicted molar refractivity (Wildman–Crippen MR) is 116 cm³/mol. The number of hydrogen-bond acceptors (Lipinski definition) is 3. The van der Waals surface area contributed by atoms with Crippen LogP contribution in [-0.2, 0) is 29.0 Å². The van der Waals surface area contributed by atoms with E-state index >= 15 is 0 Å². The first-order chi connectivity index (χ1) is 14.7. The van der Waals surface area contributed by atoms with E-state index in [1.165, 1.54) is 30.1 Å². The summed E-state index contributed by atoms with van der Waals surface area (Å²) in [6, 6.07) is 13.4. The highest BCUT2D eigenvalue weighted by atomic mass is 19.3. The molecule has 2 aromatic carbocycles. The minimum absolute atomic E-state index is 0.110. The van der Waals surface area contributed by atoms with Crippen molar-refractivity contribution < 1.29 is 18.4 Å². The van der Waals surface area contributed by atoms with Gasteiger partial charge in [-0.3, -0.25) is 9.59 Å². The molecule has 2 heterocycles. The number of carbonyl (C=O) groups is 2.